The molecule has 202 valence electrons. The Bertz CT molecular complexity index is 1150. The smallest absolute Gasteiger partial charge is 0.410 e. The normalized spacial score (nSPS) is 21.2. The fourth-order valence-corrected chi connectivity index (χ4v) is 4.73. The SMILES string of the molecule is O=C(N[C@H]1CCN(CC2CC([N+](=O)[O-])CN2C(=O)OCc2ccccc2)C1)OCc1ccc([N+](=O)[O-])cc1. The minimum atomic E-state index is -0.852. The molecule has 0 aliphatic carbocycles. The van der Waals surface area contributed by atoms with Crippen LogP contribution in [0.3, 0.4) is 0 Å². The summed E-state index contributed by atoms with van der Waals surface area (Å²) < 4.78 is 10.7. The van der Waals surface area contributed by atoms with Gasteiger partial charge in [0, 0.05) is 49.2 Å². The van der Waals surface area contributed by atoms with Crippen LogP contribution in [0.25, 0.3) is 0 Å². The van der Waals surface area contributed by atoms with Gasteiger partial charge in [-0.25, -0.2) is 9.59 Å². The first-order valence-corrected chi connectivity index (χ1v) is 12.3. The van der Waals surface area contributed by atoms with E-state index >= 15 is 0 Å². The van der Waals surface area contributed by atoms with Gasteiger partial charge in [0.15, 0.2) is 0 Å². The molecule has 2 saturated heterocycles. The second-order valence-electron chi connectivity index (χ2n) is 9.41. The summed E-state index contributed by atoms with van der Waals surface area (Å²) >= 11 is 0. The van der Waals surface area contributed by atoms with Gasteiger partial charge in [0.2, 0.25) is 6.04 Å². The molecule has 2 aliphatic rings. The highest BCUT2D eigenvalue weighted by Crippen LogP contribution is 2.24. The third-order valence-corrected chi connectivity index (χ3v) is 6.71. The lowest BCUT2D eigenvalue weighted by Gasteiger charge is -2.27. The van der Waals surface area contributed by atoms with Gasteiger partial charge < -0.3 is 14.8 Å². The number of hydrogen-bond acceptors (Lipinski definition) is 9. The van der Waals surface area contributed by atoms with Crippen molar-refractivity contribution in [2.45, 2.75) is 44.2 Å². The summed E-state index contributed by atoms with van der Waals surface area (Å²) in [4.78, 5) is 49.8. The number of nitro groups is 2. The highest BCUT2D eigenvalue weighted by atomic mass is 16.6. The van der Waals surface area contributed by atoms with Crippen LogP contribution in [0.5, 0.6) is 0 Å². The second-order valence-corrected chi connectivity index (χ2v) is 9.41. The van der Waals surface area contributed by atoms with Crippen molar-refractivity contribution in [2.75, 3.05) is 26.2 Å². The number of non-ortho nitro benzene ring substituents is 1. The molecule has 0 aromatic heterocycles. The number of benzene rings is 2. The first-order valence-electron chi connectivity index (χ1n) is 12.3. The number of amides is 2. The molecule has 1 N–H and O–H groups in total. The van der Waals surface area contributed by atoms with Crippen molar-refractivity contribution >= 4 is 17.9 Å². The number of ether oxygens (including phenoxy) is 2. The van der Waals surface area contributed by atoms with Crippen LogP contribution in [0.1, 0.15) is 24.0 Å². The van der Waals surface area contributed by atoms with E-state index in [1.165, 1.54) is 29.2 Å². The zero-order chi connectivity index (χ0) is 27.1. The Labute approximate surface area is 218 Å². The number of hydrogen-bond donors (Lipinski definition) is 1. The number of carbonyl (C=O) groups excluding carboxylic acids is 2. The molecular formula is C25H29N5O8. The Morgan fingerprint density at radius 1 is 0.947 bits per heavy atom. The highest BCUT2D eigenvalue weighted by Gasteiger charge is 2.43. The molecule has 0 bridgehead atoms. The summed E-state index contributed by atoms with van der Waals surface area (Å²) in [5.74, 6) is 0. The lowest BCUT2D eigenvalue weighted by molar-refractivity contribution is -0.518. The summed E-state index contributed by atoms with van der Waals surface area (Å²) in [7, 11) is 0. The minimum absolute atomic E-state index is 0.00419. The molecule has 0 saturated carbocycles. The fourth-order valence-electron chi connectivity index (χ4n) is 4.73. The van der Waals surface area contributed by atoms with E-state index in [2.05, 4.69) is 10.2 Å². The predicted octanol–water partition coefficient (Wildman–Crippen LogP) is 2.95. The molecule has 3 atom stereocenters. The zero-order valence-corrected chi connectivity index (χ0v) is 20.6. The number of rotatable bonds is 9. The van der Waals surface area contributed by atoms with Crippen molar-refractivity contribution in [2.24, 2.45) is 0 Å². The van der Waals surface area contributed by atoms with Gasteiger partial charge in [-0.2, -0.15) is 0 Å². The summed E-state index contributed by atoms with van der Waals surface area (Å²) in [5.41, 5.74) is 1.41. The standard InChI is InChI=1S/C25H29N5O8/c31-24(37-16-19-6-8-21(9-7-19)29(33)34)26-20-10-11-27(13-20)14-22-12-23(30(35)36)15-28(22)25(32)38-17-18-4-2-1-3-5-18/h1-9,20,22-23H,10-17H2,(H,26,31)/t20-,22?,23?/m0/s1. The van der Waals surface area contributed by atoms with Crippen LogP contribution in [0.2, 0.25) is 0 Å². The van der Waals surface area contributed by atoms with Crippen LogP contribution in [0, 0.1) is 20.2 Å². The molecule has 2 heterocycles. The number of nitro benzene ring substituents is 1. The van der Waals surface area contributed by atoms with E-state index in [9.17, 15) is 29.8 Å². The molecular weight excluding hydrogens is 498 g/mol. The summed E-state index contributed by atoms with van der Waals surface area (Å²) in [6.07, 6.45) is -0.280. The Kier molecular flexibility index (Phi) is 8.69. The Hall–Kier alpha value is -4.26. The molecule has 0 radical (unpaired) electrons. The molecule has 2 unspecified atom stereocenters. The van der Waals surface area contributed by atoms with Gasteiger partial charge in [0.05, 0.1) is 17.5 Å². The van der Waals surface area contributed by atoms with Crippen LogP contribution in [-0.4, -0.2) is 76.1 Å². The van der Waals surface area contributed by atoms with E-state index < -0.39 is 23.2 Å². The van der Waals surface area contributed by atoms with Crippen molar-refractivity contribution in [3.05, 3.63) is 86.0 Å². The van der Waals surface area contributed by atoms with Crippen LogP contribution in [-0.2, 0) is 22.7 Å². The quantitative estimate of drug-likeness (QED) is 0.382. The van der Waals surface area contributed by atoms with Crippen molar-refractivity contribution in [3.8, 4) is 0 Å². The third-order valence-electron chi connectivity index (χ3n) is 6.71. The molecule has 0 spiro atoms. The highest BCUT2D eigenvalue weighted by molar-refractivity contribution is 5.69. The summed E-state index contributed by atoms with van der Waals surface area (Å²) in [6, 6.07) is 13.6. The van der Waals surface area contributed by atoms with Crippen molar-refractivity contribution in [3.63, 3.8) is 0 Å². The van der Waals surface area contributed by atoms with Crippen LogP contribution >= 0.6 is 0 Å². The predicted molar refractivity (Wildman–Crippen MR) is 134 cm³/mol. The Balaban J connectivity index is 1.24. The van der Waals surface area contributed by atoms with Crippen molar-refractivity contribution < 1.29 is 28.9 Å². The van der Waals surface area contributed by atoms with Gasteiger partial charge in [0.1, 0.15) is 13.2 Å². The summed E-state index contributed by atoms with van der Waals surface area (Å²) in [6.45, 7) is 1.66. The van der Waals surface area contributed by atoms with E-state index in [0.717, 1.165) is 5.56 Å². The van der Waals surface area contributed by atoms with Gasteiger partial charge in [-0.1, -0.05) is 30.3 Å². The topological polar surface area (TPSA) is 157 Å². The van der Waals surface area contributed by atoms with Crippen LogP contribution < -0.4 is 5.32 Å². The number of alkyl carbamates (subject to hydrolysis) is 1. The average molecular weight is 528 g/mol. The van der Waals surface area contributed by atoms with E-state index in [4.69, 9.17) is 9.47 Å². The molecule has 4 rings (SSSR count). The lowest BCUT2D eigenvalue weighted by atomic mass is 10.1. The zero-order valence-electron chi connectivity index (χ0n) is 20.6. The Morgan fingerprint density at radius 3 is 2.32 bits per heavy atom. The number of nitrogens with one attached hydrogen (secondary N) is 1. The van der Waals surface area contributed by atoms with Gasteiger partial charge in [-0.3, -0.25) is 30.0 Å². The molecule has 2 fully saturated rings. The number of nitrogens with zero attached hydrogens (tertiary/aromatic N) is 4. The van der Waals surface area contributed by atoms with Crippen molar-refractivity contribution in [1.82, 2.24) is 15.1 Å². The van der Waals surface area contributed by atoms with E-state index in [0.29, 0.717) is 31.6 Å². The number of likely N-dealkylation sites (tertiary alicyclic amines) is 2. The van der Waals surface area contributed by atoms with Crippen LogP contribution in [0.15, 0.2) is 54.6 Å². The third kappa shape index (κ3) is 7.16. The van der Waals surface area contributed by atoms with E-state index in [1.807, 2.05) is 30.3 Å². The molecule has 2 aromatic rings. The van der Waals surface area contributed by atoms with Gasteiger partial charge >= 0.3 is 12.2 Å². The second kappa shape index (κ2) is 12.3. The maximum Gasteiger partial charge on any atom is 0.410 e. The van der Waals surface area contributed by atoms with E-state index in [-0.39, 0.29) is 48.9 Å². The van der Waals surface area contributed by atoms with Crippen molar-refractivity contribution in [1.29, 1.82) is 0 Å². The maximum absolute atomic E-state index is 12.8. The largest absolute Gasteiger partial charge is 0.445 e. The minimum Gasteiger partial charge on any atom is -0.445 e. The van der Waals surface area contributed by atoms with E-state index in [1.54, 1.807) is 0 Å². The number of carbonyl (C=O) groups is 2. The monoisotopic (exact) mass is 527 g/mol. The first-order chi connectivity index (χ1) is 18.3. The summed E-state index contributed by atoms with van der Waals surface area (Å²) in [5, 5.41) is 25.0. The molecule has 2 aliphatic heterocycles. The Morgan fingerprint density at radius 2 is 1.63 bits per heavy atom. The average Bonchev–Trinajstić information content (AvgIpc) is 3.54. The van der Waals surface area contributed by atoms with Crippen LogP contribution in [0.4, 0.5) is 15.3 Å². The van der Waals surface area contributed by atoms with Gasteiger partial charge in [-0.05, 0) is 29.7 Å². The molecule has 2 aromatic carbocycles. The molecule has 2 amide bonds. The molecule has 13 nitrogen and oxygen atoms in total. The lowest BCUT2D eigenvalue weighted by Crippen LogP contribution is -2.44. The first kappa shape index (κ1) is 26.8. The molecule has 38 heavy (non-hydrogen) atoms. The van der Waals surface area contributed by atoms with Gasteiger partial charge in [-0.15, -0.1) is 0 Å². The van der Waals surface area contributed by atoms with Gasteiger partial charge in [0.25, 0.3) is 5.69 Å². The molecule has 13 heteroatoms. The fraction of sp³-hybridized carbons (Fsp3) is 0.440. The maximum atomic E-state index is 12.8.